The number of aromatic nitrogens is 3. The highest BCUT2D eigenvalue weighted by Gasteiger charge is 2.25. The molecule has 7 heteroatoms. The molecule has 0 atom stereocenters. The molecule has 0 spiro atoms. The third-order valence-electron chi connectivity index (χ3n) is 4.05. The van der Waals surface area contributed by atoms with Crippen LogP contribution in [0.2, 0.25) is 0 Å². The zero-order valence-electron chi connectivity index (χ0n) is 14.4. The van der Waals surface area contributed by atoms with Crippen LogP contribution in [-0.4, -0.2) is 27.3 Å². The molecule has 3 heterocycles. The lowest BCUT2D eigenvalue weighted by Gasteiger charge is -2.09. The fraction of sp³-hybridized carbons (Fsp3) is 0.263. The summed E-state index contributed by atoms with van der Waals surface area (Å²) in [6, 6.07) is 3.90. The second-order valence-electron chi connectivity index (χ2n) is 5.94. The number of hydrogen-bond donors (Lipinski definition) is 0. The van der Waals surface area contributed by atoms with E-state index in [0.717, 1.165) is 57.6 Å². The molecule has 4 rings (SSSR count). The largest absolute Gasteiger partial charge is 0.440 e. The average molecular weight is 366 g/mol. The highest BCUT2D eigenvalue weighted by Crippen LogP contribution is 2.36. The third-order valence-corrected chi connectivity index (χ3v) is 5.25. The lowest BCUT2D eigenvalue weighted by atomic mass is 10.0. The molecule has 0 fully saturated rings. The summed E-state index contributed by atoms with van der Waals surface area (Å²) in [5.41, 5.74) is 3.51. The Labute approximate surface area is 155 Å². The monoisotopic (exact) mass is 366 g/mol. The summed E-state index contributed by atoms with van der Waals surface area (Å²) in [5.74, 6) is 1.46. The molecule has 1 aliphatic carbocycles. The van der Waals surface area contributed by atoms with E-state index in [0.29, 0.717) is 12.5 Å². The van der Waals surface area contributed by atoms with Crippen molar-refractivity contribution >= 4 is 17.0 Å². The fourth-order valence-corrected chi connectivity index (χ4v) is 3.83. The molecule has 0 amide bonds. The molecule has 26 heavy (non-hydrogen) atoms. The maximum Gasteiger partial charge on any atom is 0.239 e. The Bertz CT molecular complexity index is 959. The van der Waals surface area contributed by atoms with Crippen LogP contribution in [0, 0.1) is 6.92 Å². The number of aryl methyl sites for hydroxylation is 2. The number of oxazole rings is 1. The maximum absolute atomic E-state index is 6.05. The Morgan fingerprint density at radius 1 is 1.38 bits per heavy atom. The molecule has 0 saturated carbocycles. The topological polar surface area (TPSA) is 73.4 Å². The van der Waals surface area contributed by atoms with E-state index in [4.69, 9.17) is 14.2 Å². The van der Waals surface area contributed by atoms with Gasteiger partial charge in [0.25, 0.3) is 0 Å². The van der Waals surface area contributed by atoms with Gasteiger partial charge in [-0.25, -0.2) is 9.97 Å². The zero-order valence-corrected chi connectivity index (χ0v) is 15.3. The molecule has 6 nitrogen and oxygen atoms in total. The minimum absolute atomic E-state index is 0.381. The van der Waals surface area contributed by atoms with Gasteiger partial charge >= 0.3 is 0 Å². The van der Waals surface area contributed by atoms with E-state index in [9.17, 15) is 0 Å². The molecule has 0 aliphatic heterocycles. The molecule has 0 bridgehead atoms. The fourth-order valence-electron chi connectivity index (χ4n) is 2.84. The lowest BCUT2D eigenvalue weighted by Crippen LogP contribution is -2.11. The van der Waals surface area contributed by atoms with Gasteiger partial charge in [-0.2, -0.15) is 0 Å². The van der Waals surface area contributed by atoms with Crippen LogP contribution in [-0.2, 0) is 11.3 Å². The molecule has 3 aromatic rings. The minimum Gasteiger partial charge on any atom is -0.440 e. The van der Waals surface area contributed by atoms with Crippen LogP contribution in [0.1, 0.15) is 30.0 Å². The average Bonchev–Trinajstić information content (AvgIpc) is 3.26. The Balaban J connectivity index is 1.69. The van der Waals surface area contributed by atoms with E-state index in [1.807, 2.05) is 25.3 Å². The van der Waals surface area contributed by atoms with E-state index >= 15 is 0 Å². The summed E-state index contributed by atoms with van der Waals surface area (Å²) in [5, 5.41) is 5.11. The predicted octanol–water partition coefficient (Wildman–Crippen LogP) is 4.41. The summed E-state index contributed by atoms with van der Waals surface area (Å²) in [4.78, 5) is 19.7. The van der Waals surface area contributed by atoms with E-state index in [1.54, 1.807) is 23.6 Å². The van der Waals surface area contributed by atoms with E-state index in [2.05, 4.69) is 21.7 Å². The first kappa shape index (κ1) is 16.7. The Kier molecular flexibility index (Phi) is 4.62. The molecule has 0 aromatic carbocycles. The number of thiazole rings is 1. The predicted molar refractivity (Wildman–Crippen MR) is 101 cm³/mol. The number of pyridine rings is 1. The molecule has 0 radical (unpaired) electrons. The molecule has 3 aromatic heterocycles. The number of fused-ring (bicyclic) bond motifs is 1. The van der Waals surface area contributed by atoms with Crippen molar-refractivity contribution in [2.24, 2.45) is 5.16 Å². The molecular formula is C19H18N4O2S. The van der Waals surface area contributed by atoms with Crippen molar-refractivity contribution in [1.82, 2.24) is 15.0 Å². The van der Waals surface area contributed by atoms with Gasteiger partial charge in [0.1, 0.15) is 33.7 Å². The second kappa shape index (κ2) is 7.21. The van der Waals surface area contributed by atoms with Crippen molar-refractivity contribution < 1.29 is 9.25 Å². The maximum atomic E-state index is 6.05. The van der Waals surface area contributed by atoms with Crippen LogP contribution < -0.4 is 0 Å². The standard InChI is InChI=1S/C19H18N4O2S/c1-3-10-24-23-14-7-4-8-15-16(14)22-18(25-15)17-12(2)21-19(26-17)13-6-5-9-20-11-13/h3,5-6,9,11H,1,4,7-8,10H2,2H3. The Morgan fingerprint density at radius 3 is 3.12 bits per heavy atom. The van der Waals surface area contributed by atoms with Crippen LogP contribution in [0.15, 0.2) is 46.8 Å². The summed E-state index contributed by atoms with van der Waals surface area (Å²) >= 11 is 1.56. The second-order valence-corrected chi connectivity index (χ2v) is 6.94. The van der Waals surface area contributed by atoms with Gasteiger partial charge in [-0.1, -0.05) is 17.8 Å². The summed E-state index contributed by atoms with van der Waals surface area (Å²) in [6.45, 7) is 5.98. The molecule has 0 N–H and O–H groups in total. The normalized spacial score (nSPS) is 15.0. The van der Waals surface area contributed by atoms with Crippen LogP contribution in [0.4, 0.5) is 0 Å². The third kappa shape index (κ3) is 3.17. The first-order valence-corrected chi connectivity index (χ1v) is 9.26. The summed E-state index contributed by atoms with van der Waals surface area (Å²) in [6.07, 6.45) is 7.89. The lowest BCUT2D eigenvalue weighted by molar-refractivity contribution is 0.174. The SMILES string of the molecule is C=CCON=C1CCCc2oc(-c3sc(-c4cccnc4)nc3C)nc21. The Morgan fingerprint density at radius 2 is 2.31 bits per heavy atom. The Hall–Kier alpha value is -2.80. The van der Waals surface area contributed by atoms with Crippen molar-refractivity contribution in [3.05, 3.63) is 54.3 Å². The van der Waals surface area contributed by atoms with Crippen molar-refractivity contribution in [1.29, 1.82) is 0 Å². The first-order valence-electron chi connectivity index (χ1n) is 8.44. The van der Waals surface area contributed by atoms with Crippen molar-refractivity contribution in [2.45, 2.75) is 26.2 Å². The van der Waals surface area contributed by atoms with Crippen molar-refractivity contribution in [2.75, 3.05) is 6.61 Å². The van der Waals surface area contributed by atoms with Crippen molar-refractivity contribution in [3.8, 4) is 21.3 Å². The molecule has 0 saturated heterocycles. The zero-order chi connectivity index (χ0) is 17.9. The number of nitrogens with zero attached hydrogens (tertiary/aromatic N) is 4. The van der Waals surface area contributed by atoms with Gasteiger partial charge in [0.15, 0.2) is 0 Å². The first-order chi connectivity index (χ1) is 12.8. The molecular weight excluding hydrogens is 348 g/mol. The smallest absolute Gasteiger partial charge is 0.239 e. The van der Waals surface area contributed by atoms with E-state index < -0.39 is 0 Å². The van der Waals surface area contributed by atoms with Gasteiger partial charge < -0.3 is 9.25 Å². The van der Waals surface area contributed by atoms with Gasteiger partial charge in [-0.3, -0.25) is 4.98 Å². The van der Waals surface area contributed by atoms with Crippen LogP contribution >= 0.6 is 11.3 Å². The minimum atomic E-state index is 0.381. The number of hydrogen-bond acceptors (Lipinski definition) is 7. The van der Waals surface area contributed by atoms with Crippen molar-refractivity contribution in [3.63, 3.8) is 0 Å². The highest BCUT2D eigenvalue weighted by atomic mass is 32.1. The van der Waals surface area contributed by atoms with Crippen LogP contribution in [0.25, 0.3) is 21.3 Å². The quantitative estimate of drug-likeness (QED) is 0.380. The van der Waals surface area contributed by atoms with Gasteiger partial charge in [0.05, 0.1) is 5.69 Å². The summed E-state index contributed by atoms with van der Waals surface area (Å²) in [7, 11) is 0. The van der Waals surface area contributed by atoms with Gasteiger partial charge in [-0.15, -0.1) is 11.3 Å². The number of rotatable bonds is 5. The molecule has 0 unspecified atom stereocenters. The molecule has 132 valence electrons. The molecule has 1 aliphatic rings. The van der Waals surface area contributed by atoms with Crippen LogP contribution in [0.3, 0.4) is 0 Å². The van der Waals surface area contributed by atoms with Crippen LogP contribution in [0.5, 0.6) is 0 Å². The van der Waals surface area contributed by atoms with Gasteiger partial charge in [-0.05, 0) is 31.9 Å². The van der Waals surface area contributed by atoms with E-state index in [1.165, 1.54) is 0 Å². The van der Waals surface area contributed by atoms with E-state index in [-0.39, 0.29) is 0 Å². The van der Waals surface area contributed by atoms with Gasteiger partial charge in [0, 0.05) is 24.4 Å². The number of oxime groups is 1. The summed E-state index contributed by atoms with van der Waals surface area (Å²) < 4.78 is 6.05. The van der Waals surface area contributed by atoms with Gasteiger partial charge in [0.2, 0.25) is 5.89 Å². The highest BCUT2D eigenvalue weighted by molar-refractivity contribution is 7.18.